The summed E-state index contributed by atoms with van der Waals surface area (Å²) in [7, 11) is 0. The van der Waals surface area contributed by atoms with Crippen molar-refractivity contribution in [3.05, 3.63) is 0 Å². The first-order valence-electron chi connectivity index (χ1n) is 5.60. The fraction of sp³-hybridized carbons (Fsp3) is 1.00. The smallest absolute Gasteiger partial charge is 0.171 e. The van der Waals surface area contributed by atoms with Crippen molar-refractivity contribution in [2.75, 3.05) is 0 Å². The summed E-state index contributed by atoms with van der Waals surface area (Å²) in [4.78, 5) is 0. The zero-order chi connectivity index (χ0) is 11.2. The molecule has 0 radical (unpaired) electrons. The Hall–Kier alpha value is -0.210. The van der Waals surface area contributed by atoms with E-state index in [1.807, 2.05) is 13.8 Å². The molecule has 1 rings (SSSR count). The third-order valence-corrected chi connectivity index (χ3v) is 2.89. The summed E-state index contributed by atoms with van der Waals surface area (Å²) in [6.45, 7) is 6.05. The van der Waals surface area contributed by atoms with Crippen LogP contribution in [0.4, 0.5) is 13.2 Å². The summed E-state index contributed by atoms with van der Waals surface area (Å²) in [5.41, 5.74) is 0. The second kappa shape index (κ2) is 6.31. The average Bonchev–Trinajstić information content (AvgIpc) is 2.20. The second-order valence-electron chi connectivity index (χ2n) is 3.67. The number of hydrogen-bond donors (Lipinski definition) is 0. The Balaban J connectivity index is 0.000000791. The van der Waals surface area contributed by atoms with Gasteiger partial charge in [0.1, 0.15) is 0 Å². The second-order valence-corrected chi connectivity index (χ2v) is 3.67. The molecule has 0 amide bonds. The van der Waals surface area contributed by atoms with E-state index in [4.69, 9.17) is 0 Å². The van der Waals surface area contributed by atoms with Gasteiger partial charge in [0.2, 0.25) is 0 Å². The van der Waals surface area contributed by atoms with Crippen molar-refractivity contribution in [3.8, 4) is 0 Å². The van der Waals surface area contributed by atoms with Gasteiger partial charge in [-0.05, 0) is 31.6 Å². The molecule has 0 saturated heterocycles. The van der Waals surface area contributed by atoms with Crippen LogP contribution in [0.5, 0.6) is 0 Å². The zero-order valence-electron chi connectivity index (χ0n) is 9.32. The lowest BCUT2D eigenvalue weighted by molar-refractivity contribution is -0.183. The van der Waals surface area contributed by atoms with Crippen LogP contribution in [0.15, 0.2) is 0 Å². The van der Waals surface area contributed by atoms with Gasteiger partial charge in [-0.2, -0.15) is 13.2 Å². The van der Waals surface area contributed by atoms with Gasteiger partial charge in [-0.1, -0.05) is 27.2 Å². The number of halogens is 3. The number of alkyl halides is 3. The van der Waals surface area contributed by atoms with Gasteiger partial charge in [-0.15, -0.1) is 0 Å². The summed E-state index contributed by atoms with van der Waals surface area (Å²) in [5.74, 6) is -0.469. The van der Waals surface area contributed by atoms with Gasteiger partial charge in [0, 0.05) is 0 Å². The van der Waals surface area contributed by atoms with Crippen molar-refractivity contribution in [2.45, 2.75) is 59.1 Å². The Bertz CT molecular complexity index is 132. The van der Waals surface area contributed by atoms with Crippen molar-refractivity contribution >= 4 is 0 Å². The van der Waals surface area contributed by atoms with Crippen LogP contribution >= 0.6 is 0 Å². The largest absolute Gasteiger partial charge is 0.391 e. The molecule has 0 aromatic heterocycles. The van der Waals surface area contributed by atoms with Crippen LogP contribution in [-0.4, -0.2) is 6.18 Å². The zero-order valence-corrected chi connectivity index (χ0v) is 9.32. The molecule has 1 saturated carbocycles. The maximum atomic E-state index is 12.2. The van der Waals surface area contributed by atoms with Crippen molar-refractivity contribution in [3.63, 3.8) is 0 Å². The molecular formula is C11H21F3. The highest BCUT2D eigenvalue weighted by atomic mass is 19.4. The van der Waals surface area contributed by atoms with E-state index in [1.54, 1.807) is 0 Å². The van der Waals surface area contributed by atoms with Crippen LogP contribution in [0.3, 0.4) is 0 Å². The molecule has 0 nitrogen and oxygen atoms in total. The molecule has 0 unspecified atom stereocenters. The lowest BCUT2D eigenvalue weighted by Crippen LogP contribution is -2.27. The molecule has 0 bridgehead atoms. The van der Waals surface area contributed by atoms with Gasteiger partial charge in [0.05, 0.1) is 5.92 Å². The Morgan fingerprint density at radius 2 is 1.43 bits per heavy atom. The van der Waals surface area contributed by atoms with E-state index in [0.717, 1.165) is 19.3 Å². The lowest BCUT2D eigenvalue weighted by Gasteiger charge is -2.29. The van der Waals surface area contributed by atoms with Gasteiger partial charge in [0.15, 0.2) is 0 Å². The summed E-state index contributed by atoms with van der Waals surface area (Å²) in [5, 5.41) is 0. The van der Waals surface area contributed by atoms with Gasteiger partial charge in [0.25, 0.3) is 0 Å². The Morgan fingerprint density at radius 1 is 1.00 bits per heavy atom. The fourth-order valence-electron chi connectivity index (χ4n) is 1.90. The average molecular weight is 210 g/mol. The topological polar surface area (TPSA) is 0 Å². The molecule has 0 aromatic rings. The third kappa shape index (κ3) is 4.34. The van der Waals surface area contributed by atoms with E-state index in [0.29, 0.717) is 18.8 Å². The van der Waals surface area contributed by atoms with E-state index < -0.39 is 12.1 Å². The standard InChI is InChI=1S/C9H15F3.C2H6/c1-2-7-3-5-8(6-4-7)9(10,11)12;1-2/h7-8H,2-6H2,1H3;1-2H3. The molecule has 3 heteroatoms. The molecule has 14 heavy (non-hydrogen) atoms. The van der Waals surface area contributed by atoms with Crippen molar-refractivity contribution < 1.29 is 13.2 Å². The first-order valence-corrected chi connectivity index (χ1v) is 5.60. The summed E-state index contributed by atoms with van der Waals surface area (Å²) in [6.07, 6.45) is -0.686. The molecule has 0 aliphatic heterocycles. The molecule has 1 aliphatic carbocycles. The van der Waals surface area contributed by atoms with Crippen LogP contribution in [-0.2, 0) is 0 Å². The first kappa shape index (κ1) is 13.8. The molecule has 0 aromatic carbocycles. The van der Waals surface area contributed by atoms with Gasteiger partial charge in [-0.3, -0.25) is 0 Å². The minimum Gasteiger partial charge on any atom is -0.171 e. The number of hydrogen-bond acceptors (Lipinski definition) is 0. The molecule has 0 heterocycles. The molecule has 0 spiro atoms. The van der Waals surface area contributed by atoms with E-state index in [1.165, 1.54) is 0 Å². The van der Waals surface area contributed by atoms with E-state index in [9.17, 15) is 13.2 Å². The van der Waals surface area contributed by atoms with Crippen molar-refractivity contribution in [2.24, 2.45) is 11.8 Å². The molecular weight excluding hydrogens is 189 g/mol. The Labute approximate surface area is 84.9 Å². The van der Waals surface area contributed by atoms with E-state index >= 15 is 0 Å². The molecule has 0 N–H and O–H groups in total. The van der Waals surface area contributed by atoms with Crippen LogP contribution in [0.25, 0.3) is 0 Å². The molecule has 86 valence electrons. The minimum atomic E-state index is -3.95. The minimum absolute atomic E-state index is 0.349. The molecule has 1 aliphatic rings. The summed E-state index contributed by atoms with van der Waals surface area (Å²) >= 11 is 0. The van der Waals surface area contributed by atoms with Gasteiger partial charge < -0.3 is 0 Å². The fourth-order valence-corrected chi connectivity index (χ4v) is 1.90. The van der Waals surface area contributed by atoms with Crippen molar-refractivity contribution in [1.82, 2.24) is 0 Å². The summed E-state index contributed by atoms with van der Waals surface area (Å²) in [6, 6.07) is 0. The first-order chi connectivity index (χ1) is 6.54. The highest BCUT2D eigenvalue weighted by Crippen LogP contribution is 2.40. The van der Waals surface area contributed by atoms with Gasteiger partial charge >= 0.3 is 6.18 Å². The van der Waals surface area contributed by atoms with Crippen LogP contribution in [0.2, 0.25) is 0 Å². The third-order valence-electron chi connectivity index (χ3n) is 2.89. The van der Waals surface area contributed by atoms with E-state index in [2.05, 4.69) is 6.92 Å². The maximum Gasteiger partial charge on any atom is 0.391 e. The monoisotopic (exact) mass is 210 g/mol. The Morgan fingerprint density at radius 3 is 1.71 bits per heavy atom. The normalized spacial score (nSPS) is 27.9. The van der Waals surface area contributed by atoms with Crippen LogP contribution in [0.1, 0.15) is 52.9 Å². The van der Waals surface area contributed by atoms with E-state index in [-0.39, 0.29) is 0 Å². The van der Waals surface area contributed by atoms with Crippen molar-refractivity contribution in [1.29, 1.82) is 0 Å². The highest BCUT2D eigenvalue weighted by molar-refractivity contribution is 4.76. The van der Waals surface area contributed by atoms with Crippen LogP contribution in [0, 0.1) is 11.8 Å². The van der Waals surface area contributed by atoms with Gasteiger partial charge in [-0.25, -0.2) is 0 Å². The highest BCUT2D eigenvalue weighted by Gasteiger charge is 2.40. The maximum absolute atomic E-state index is 12.2. The SMILES string of the molecule is CC.CCC1CCC(C(F)(F)F)CC1. The predicted molar refractivity (Wildman–Crippen MR) is 53.1 cm³/mol. The molecule has 0 atom stereocenters. The van der Waals surface area contributed by atoms with Crippen LogP contribution < -0.4 is 0 Å². The lowest BCUT2D eigenvalue weighted by atomic mass is 9.80. The Kier molecular flexibility index (Phi) is 6.21. The predicted octanol–water partition coefficient (Wildman–Crippen LogP) is 4.79. The number of rotatable bonds is 1. The molecule has 1 fully saturated rings. The quantitative estimate of drug-likeness (QED) is 0.583. The summed E-state index contributed by atoms with van der Waals surface area (Å²) < 4.78 is 36.5.